The summed E-state index contributed by atoms with van der Waals surface area (Å²) in [4.78, 5) is 3.27. The lowest BCUT2D eigenvalue weighted by Crippen LogP contribution is -2.30. The first-order chi connectivity index (χ1) is 14.1. The average molecular weight is 437 g/mol. The minimum Gasteiger partial charge on any atom is -0.369 e. The summed E-state index contributed by atoms with van der Waals surface area (Å²) in [5.41, 5.74) is 9.91. The van der Waals surface area contributed by atoms with E-state index in [2.05, 4.69) is 17.9 Å². The molecule has 1 aliphatic rings. The Morgan fingerprint density at radius 1 is 1.10 bits per heavy atom. The number of nitrogens with two attached hydrogens (primary N) is 1. The number of hydrogen-bond donors (Lipinski definition) is 1. The van der Waals surface area contributed by atoms with Gasteiger partial charge in [-0.3, -0.25) is 0 Å². The van der Waals surface area contributed by atoms with Gasteiger partial charge in [0.25, 0.3) is 0 Å². The first-order valence-electron chi connectivity index (χ1n) is 10.7. The number of halogens is 2. The van der Waals surface area contributed by atoms with E-state index >= 15 is 0 Å². The van der Waals surface area contributed by atoms with Crippen molar-refractivity contribution in [3.8, 4) is 0 Å². The van der Waals surface area contributed by atoms with E-state index < -0.39 is 0 Å². The lowest BCUT2D eigenvalue weighted by Gasteiger charge is -2.29. The van der Waals surface area contributed by atoms with Crippen molar-refractivity contribution in [1.29, 1.82) is 0 Å². The van der Waals surface area contributed by atoms with Gasteiger partial charge < -0.3 is 10.6 Å². The van der Waals surface area contributed by atoms with Gasteiger partial charge in [0.05, 0.1) is 10.7 Å². The van der Waals surface area contributed by atoms with E-state index in [0.717, 1.165) is 59.9 Å². The van der Waals surface area contributed by atoms with Gasteiger partial charge in [-0.2, -0.15) is 0 Å². The van der Waals surface area contributed by atoms with Crippen molar-refractivity contribution in [2.75, 3.05) is 24.5 Å². The number of thioether (sulfide) groups is 1. The predicted octanol–water partition coefficient (Wildman–Crippen LogP) is 6.99. The molecule has 1 saturated heterocycles. The molecule has 0 atom stereocenters. The van der Waals surface area contributed by atoms with Crippen LogP contribution in [-0.2, 0) is 12.2 Å². The molecule has 0 unspecified atom stereocenters. The number of hydrogen-bond acceptors (Lipinski definition) is 3. The molecule has 1 heterocycles. The first kappa shape index (κ1) is 24.0. The molecule has 5 heteroatoms. The van der Waals surface area contributed by atoms with Crippen molar-refractivity contribution in [3.63, 3.8) is 0 Å². The van der Waals surface area contributed by atoms with Crippen LogP contribution in [0.5, 0.6) is 0 Å². The van der Waals surface area contributed by atoms with E-state index in [1.165, 1.54) is 17.5 Å². The van der Waals surface area contributed by atoms with Crippen LogP contribution in [-0.4, -0.2) is 19.6 Å². The Balaban J connectivity index is 0.00000145. The topological polar surface area (TPSA) is 29.3 Å². The van der Waals surface area contributed by atoms with Crippen LogP contribution >= 0.6 is 23.4 Å². The molecule has 2 nitrogen and oxygen atoms in total. The Kier molecular flexibility index (Phi) is 10.3. The van der Waals surface area contributed by atoms with Gasteiger partial charge in [-0.25, -0.2) is 4.39 Å². The van der Waals surface area contributed by atoms with Gasteiger partial charge in [0.15, 0.2) is 0 Å². The fraction of sp³-hybridized carbons (Fsp3) is 0.500. The molecule has 0 radical (unpaired) electrons. The van der Waals surface area contributed by atoms with Crippen LogP contribution < -0.4 is 10.6 Å². The number of aryl methyl sites for hydroxylation is 1. The number of rotatable bonds is 7. The zero-order valence-electron chi connectivity index (χ0n) is 17.9. The highest BCUT2D eigenvalue weighted by molar-refractivity contribution is 7.98. The molecule has 1 aliphatic heterocycles. The van der Waals surface area contributed by atoms with Crippen LogP contribution in [0.1, 0.15) is 56.2 Å². The standard InChI is InChI=1S/C22H28ClFN2S.C2H6/c1-16-7-9-19(23)22(18(16)6-5-11-25)27-15-17-8-10-21(20(24)14-17)26-12-3-2-4-13-26;1-2/h7-10,14H,2-6,11-13,15,25H2,1H3;1-2H3. The minimum absolute atomic E-state index is 0.117. The Bertz CT molecular complexity index is 776. The van der Waals surface area contributed by atoms with E-state index in [1.807, 2.05) is 32.0 Å². The smallest absolute Gasteiger partial charge is 0.146 e. The van der Waals surface area contributed by atoms with Crippen LogP contribution in [0.3, 0.4) is 0 Å². The molecule has 29 heavy (non-hydrogen) atoms. The number of anilines is 1. The highest BCUT2D eigenvalue weighted by Gasteiger charge is 2.16. The second-order valence-electron chi connectivity index (χ2n) is 7.19. The van der Waals surface area contributed by atoms with E-state index in [-0.39, 0.29) is 5.82 Å². The second kappa shape index (κ2) is 12.5. The summed E-state index contributed by atoms with van der Waals surface area (Å²) in [5, 5.41) is 0.767. The van der Waals surface area contributed by atoms with Gasteiger partial charge in [0, 0.05) is 23.7 Å². The molecule has 3 rings (SSSR count). The van der Waals surface area contributed by atoms with Crippen molar-refractivity contribution in [1.82, 2.24) is 0 Å². The van der Waals surface area contributed by atoms with Gasteiger partial charge in [-0.05, 0) is 80.5 Å². The van der Waals surface area contributed by atoms with Crippen molar-refractivity contribution >= 4 is 29.1 Å². The lowest BCUT2D eigenvalue weighted by molar-refractivity contribution is 0.556. The third-order valence-electron chi connectivity index (χ3n) is 5.17. The normalized spacial score (nSPS) is 13.8. The molecular formula is C24H34ClFN2S. The van der Waals surface area contributed by atoms with Crippen LogP contribution in [0.2, 0.25) is 5.02 Å². The number of piperidine rings is 1. The minimum atomic E-state index is -0.117. The molecular weight excluding hydrogens is 403 g/mol. The summed E-state index contributed by atoms with van der Waals surface area (Å²) in [6.07, 6.45) is 5.40. The predicted molar refractivity (Wildman–Crippen MR) is 127 cm³/mol. The maximum Gasteiger partial charge on any atom is 0.146 e. The summed E-state index contributed by atoms with van der Waals surface area (Å²) in [7, 11) is 0. The van der Waals surface area contributed by atoms with Crippen molar-refractivity contribution in [2.45, 2.75) is 63.5 Å². The fourth-order valence-electron chi connectivity index (χ4n) is 3.63. The van der Waals surface area contributed by atoms with Gasteiger partial charge in [0.2, 0.25) is 0 Å². The van der Waals surface area contributed by atoms with Crippen LogP contribution in [0.4, 0.5) is 10.1 Å². The average Bonchev–Trinajstić information content (AvgIpc) is 2.75. The van der Waals surface area contributed by atoms with Gasteiger partial charge in [-0.15, -0.1) is 11.8 Å². The quantitative estimate of drug-likeness (QED) is 0.474. The molecule has 0 aromatic heterocycles. The first-order valence-corrected chi connectivity index (χ1v) is 12.1. The molecule has 0 bridgehead atoms. The molecule has 1 fully saturated rings. The van der Waals surface area contributed by atoms with Crippen LogP contribution in [0.25, 0.3) is 0 Å². The largest absolute Gasteiger partial charge is 0.369 e. The monoisotopic (exact) mass is 436 g/mol. The molecule has 2 aromatic rings. The highest BCUT2D eigenvalue weighted by atomic mass is 35.5. The van der Waals surface area contributed by atoms with Crippen LogP contribution in [0, 0.1) is 12.7 Å². The van der Waals surface area contributed by atoms with Crippen molar-refractivity contribution in [3.05, 3.63) is 57.9 Å². The van der Waals surface area contributed by atoms with E-state index in [0.29, 0.717) is 12.3 Å². The maximum atomic E-state index is 14.7. The Morgan fingerprint density at radius 3 is 2.48 bits per heavy atom. The number of benzene rings is 2. The summed E-state index contributed by atoms with van der Waals surface area (Å²) in [6, 6.07) is 9.67. The Hall–Kier alpha value is -1.23. The van der Waals surface area contributed by atoms with E-state index in [9.17, 15) is 4.39 Å². The Morgan fingerprint density at radius 2 is 1.83 bits per heavy atom. The Labute approximate surface area is 185 Å². The van der Waals surface area contributed by atoms with Crippen molar-refractivity contribution < 1.29 is 4.39 Å². The zero-order chi connectivity index (χ0) is 21.2. The van der Waals surface area contributed by atoms with E-state index in [1.54, 1.807) is 17.8 Å². The van der Waals surface area contributed by atoms with Crippen molar-refractivity contribution in [2.24, 2.45) is 5.73 Å². The lowest BCUT2D eigenvalue weighted by atomic mass is 10.0. The summed E-state index contributed by atoms with van der Waals surface area (Å²) in [6.45, 7) is 8.68. The SMILES string of the molecule is CC.Cc1ccc(Cl)c(SCc2ccc(N3CCCCC3)c(F)c2)c1CCCN. The van der Waals surface area contributed by atoms with Gasteiger partial charge >= 0.3 is 0 Å². The molecule has 2 aromatic carbocycles. The summed E-state index contributed by atoms with van der Waals surface area (Å²) in [5.74, 6) is 0.587. The molecule has 160 valence electrons. The second-order valence-corrected chi connectivity index (χ2v) is 8.58. The molecule has 0 amide bonds. The summed E-state index contributed by atoms with van der Waals surface area (Å²) < 4.78 is 14.7. The van der Waals surface area contributed by atoms with Gasteiger partial charge in [-0.1, -0.05) is 37.6 Å². The fourth-order valence-corrected chi connectivity index (χ4v) is 5.10. The number of nitrogens with zero attached hydrogens (tertiary/aromatic N) is 1. The highest BCUT2D eigenvalue weighted by Crippen LogP contribution is 2.36. The molecule has 0 spiro atoms. The third kappa shape index (κ3) is 6.63. The third-order valence-corrected chi connectivity index (χ3v) is 6.83. The van der Waals surface area contributed by atoms with E-state index in [4.69, 9.17) is 17.3 Å². The zero-order valence-corrected chi connectivity index (χ0v) is 19.5. The van der Waals surface area contributed by atoms with Gasteiger partial charge in [0.1, 0.15) is 5.82 Å². The molecule has 0 aliphatic carbocycles. The maximum absolute atomic E-state index is 14.7. The van der Waals surface area contributed by atoms with Crippen LogP contribution in [0.15, 0.2) is 35.2 Å². The summed E-state index contributed by atoms with van der Waals surface area (Å²) >= 11 is 8.16. The molecule has 0 saturated carbocycles. The molecule has 2 N–H and O–H groups in total.